The molecule has 0 aliphatic carbocycles. The van der Waals surface area contributed by atoms with E-state index in [0.717, 1.165) is 64.5 Å². The first-order chi connectivity index (χ1) is 25.9. The van der Waals surface area contributed by atoms with Crippen LogP contribution in [0.4, 0.5) is 9.59 Å². The van der Waals surface area contributed by atoms with Gasteiger partial charge in [-0.25, -0.2) is 19.6 Å². The third kappa shape index (κ3) is 7.46. The maximum atomic E-state index is 13.6. The molecular formula is C38H48N8O6S2. The number of ether oxygens (including phenoxy) is 2. The first-order valence-corrected chi connectivity index (χ1v) is 20.3. The van der Waals surface area contributed by atoms with Gasteiger partial charge in [-0.15, -0.1) is 23.5 Å². The minimum absolute atomic E-state index is 0.0965. The van der Waals surface area contributed by atoms with Crippen molar-refractivity contribution >= 4 is 68.4 Å². The maximum absolute atomic E-state index is 13.6. The van der Waals surface area contributed by atoms with E-state index in [2.05, 4.69) is 44.9 Å². The molecule has 288 valence electrons. The smallest absolute Gasteiger partial charge is 0.407 e. The number of amides is 4. The molecule has 6 heterocycles. The second-order valence-electron chi connectivity index (χ2n) is 14.9. The standard InChI is InChI=1S/C38H48N8O6S2/c1-19(2)31(43-37(49)51-5)35(47)45-13-7-9-25(45)33-39-18-24(42-33)28-17-30-29(54-28)16-27(53-30)21-11-12-22-23(15-21)41-34(40-22)26-10-8-14-46(26)36(48)32(20(3)4)44-38(50)52-6/h11-12,15-20,25-26,29-32H,7-10,13-14H2,1-6H3,(H,39,42)(H,40,41)(H,43,49)(H,44,50). The number of benzene rings is 1. The molecule has 2 fully saturated rings. The SMILES string of the molecule is COC(=O)NC(C(=O)N1CCCC1c1ncc(C2=CC3SC(c4ccc5nc(C6CCCN6C(=O)C(NC(=O)OC)C(C)C)[nH]c5c4)=CC3S2)[nH]1)C(C)C. The number of rotatable bonds is 10. The highest BCUT2D eigenvalue weighted by Gasteiger charge is 2.40. The van der Waals surface area contributed by atoms with Crippen molar-refractivity contribution in [2.24, 2.45) is 11.8 Å². The number of hydrogen-bond acceptors (Lipinski definition) is 10. The molecule has 2 aromatic heterocycles. The quantitative estimate of drug-likeness (QED) is 0.192. The van der Waals surface area contributed by atoms with Gasteiger partial charge in [-0.1, -0.05) is 45.9 Å². The van der Waals surface area contributed by atoms with E-state index in [4.69, 9.17) is 19.4 Å². The molecule has 7 rings (SSSR count). The predicted octanol–water partition coefficient (Wildman–Crippen LogP) is 5.99. The predicted molar refractivity (Wildman–Crippen MR) is 209 cm³/mol. The van der Waals surface area contributed by atoms with Gasteiger partial charge in [-0.05, 0) is 55.2 Å². The number of carbonyl (C=O) groups excluding carboxylic acids is 4. The zero-order chi connectivity index (χ0) is 38.3. The van der Waals surface area contributed by atoms with Crippen LogP contribution in [0.1, 0.15) is 88.4 Å². The first kappa shape index (κ1) is 37.9. The second kappa shape index (κ2) is 15.7. The Morgan fingerprint density at radius 1 is 0.796 bits per heavy atom. The molecule has 3 aromatic rings. The minimum atomic E-state index is -0.684. The van der Waals surface area contributed by atoms with Crippen LogP contribution in [0.3, 0.4) is 0 Å². The lowest BCUT2D eigenvalue weighted by atomic mass is 10.0. The molecule has 54 heavy (non-hydrogen) atoms. The summed E-state index contributed by atoms with van der Waals surface area (Å²) in [7, 11) is 2.59. The molecule has 0 spiro atoms. The molecular weight excluding hydrogens is 729 g/mol. The number of carbonyl (C=O) groups is 4. The molecule has 6 atom stereocenters. The summed E-state index contributed by atoms with van der Waals surface area (Å²) in [4.78, 5) is 73.8. The molecule has 4 aliphatic rings. The van der Waals surface area contributed by atoms with Gasteiger partial charge in [0.2, 0.25) is 11.8 Å². The lowest BCUT2D eigenvalue weighted by Gasteiger charge is -2.30. The van der Waals surface area contributed by atoms with Gasteiger partial charge in [0, 0.05) is 33.4 Å². The van der Waals surface area contributed by atoms with Gasteiger partial charge < -0.3 is 39.9 Å². The van der Waals surface area contributed by atoms with E-state index in [-0.39, 0.29) is 46.2 Å². The van der Waals surface area contributed by atoms with E-state index in [1.54, 1.807) is 0 Å². The van der Waals surface area contributed by atoms with Crippen molar-refractivity contribution in [3.05, 3.63) is 59.5 Å². The number of aromatic amines is 2. The molecule has 4 amide bonds. The number of imidazole rings is 2. The monoisotopic (exact) mass is 776 g/mol. The van der Waals surface area contributed by atoms with Gasteiger partial charge in [0.1, 0.15) is 23.7 Å². The number of alkyl carbamates (subject to hydrolysis) is 2. The summed E-state index contributed by atoms with van der Waals surface area (Å²) in [6.45, 7) is 8.85. The Kier molecular flexibility index (Phi) is 11.0. The van der Waals surface area contributed by atoms with Crippen LogP contribution in [0.25, 0.3) is 20.8 Å². The van der Waals surface area contributed by atoms with Gasteiger partial charge in [0.25, 0.3) is 0 Å². The lowest BCUT2D eigenvalue weighted by molar-refractivity contribution is -0.136. The molecule has 14 nitrogen and oxygen atoms in total. The first-order valence-electron chi connectivity index (χ1n) is 18.6. The van der Waals surface area contributed by atoms with Crippen molar-refractivity contribution < 1.29 is 28.7 Å². The number of nitrogens with zero attached hydrogens (tertiary/aromatic N) is 4. The Morgan fingerprint density at radius 2 is 1.35 bits per heavy atom. The Hall–Kier alpha value is -4.44. The van der Waals surface area contributed by atoms with E-state index in [1.807, 2.05) is 73.3 Å². The number of likely N-dealkylation sites (tertiary alicyclic amines) is 2. The zero-order valence-corrected chi connectivity index (χ0v) is 33.0. The summed E-state index contributed by atoms with van der Waals surface area (Å²) in [5.74, 6) is 1.06. The van der Waals surface area contributed by atoms with E-state index < -0.39 is 24.3 Å². The summed E-state index contributed by atoms with van der Waals surface area (Å²) >= 11 is 3.65. The Bertz CT molecular complexity index is 1990. The van der Waals surface area contributed by atoms with E-state index >= 15 is 0 Å². The van der Waals surface area contributed by atoms with Crippen LogP contribution in [0.15, 0.2) is 36.5 Å². The number of H-pyrrole nitrogens is 2. The number of thioether (sulfide) groups is 2. The highest BCUT2D eigenvalue weighted by Crippen LogP contribution is 2.53. The van der Waals surface area contributed by atoms with Gasteiger partial charge >= 0.3 is 12.2 Å². The lowest BCUT2D eigenvalue weighted by Crippen LogP contribution is -2.51. The molecule has 16 heteroatoms. The topological polar surface area (TPSA) is 175 Å². The molecule has 2 saturated heterocycles. The van der Waals surface area contributed by atoms with Gasteiger partial charge in [0.05, 0.1) is 49.2 Å². The number of fused-ring (bicyclic) bond motifs is 2. The highest BCUT2D eigenvalue weighted by atomic mass is 32.2. The second-order valence-corrected chi connectivity index (χ2v) is 17.3. The molecule has 6 unspecified atom stereocenters. The van der Waals surface area contributed by atoms with Gasteiger partial charge in [-0.3, -0.25) is 9.59 Å². The van der Waals surface area contributed by atoms with Crippen molar-refractivity contribution in [1.29, 1.82) is 0 Å². The highest BCUT2D eigenvalue weighted by molar-refractivity contribution is 8.14. The van der Waals surface area contributed by atoms with Crippen LogP contribution < -0.4 is 10.6 Å². The van der Waals surface area contributed by atoms with Crippen molar-refractivity contribution in [2.75, 3.05) is 27.3 Å². The van der Waals surface area contributed by atoms with E-state index in [9.17, 15) is 19.2 Å². The summed E-state index contributed by atoms with van der Waals surface area (Å²) < 4.78 is 9.54. The van der Waals surface area contributed by atoms with E-state index in [0.29, 0.717) is 13.1 Å². The summed E-state index contributed by atoms with van der Waals surface area (Å²) in [6, 6.07) is 4.53. The maximum Gasteiger partial charge on any atom is 0.407 e. The van der Waals surface area contributed by atoms with Crippen LogP contribution >= 0.6 is 23.5 Å². The fraction of sp³-hybridized carbons (Fsp3) is 0.526. The molecule has 0 saturated carbocycles. The van der Waals surface area contributed by atoms with Crippen LogP contribution in [-0.2, 0) is 19.1 Å². The zero-order valence-electron chi connectivity index (χ0n) is 31.4. The number of methoxy groups -OCH3 is 2. The third-order valence-electron chi connectivity index (χ3n) is 10.6. The average molecular weight is 777 g/mol. The number of hydrogen-bond donors (Lipinski definition) is 4. The third-order valence-corrected chi connectivity index (χ3v) is 13.4. The Labute approximate surface area is 323 Å². The number of nitrogens with one attached hydrogen (secondary N) is 4. The van der Waals surface area contributed by atoms with Gasteiger partial charge in [0.15, 0.2) is 0 Å². The summed E-state index contributed by atoms with van der Waals surface area (Å²) in [6.07, 6.45) is 8.56. The van der Waals surface area contributed by atoms with E-state index in [1.165, 1.54) is 19.1 Å². The average Bonchev–Trinajstić information content (AvgIpc) is 3.99. The van der Waals surface area contributed by atoms with Crippen molar-refractivity contribution in [3.63, 3.8) is 0 Å². The Morgan fingerprint density at radius 3 is 1.93 bits per heavy atom. The van der Waals surface area contributed by atoms with Crippen molar-refractivity contribution in [3.8, 4) is 0 Å². The molecule has 0 bridgehead atoms. The molecule has 1 aromatic carbocycles. The summed E-state index contributed by atoms with van der Waals surface area (Å²) in [5, 5.41) is 5.96. The molecule has 4 N–H and O–H groups in total. The van der Waals surface area contributed by atoms with Crippen molar-refractivity contribution in [1.82, 2.24) is 40.4 Å². The van der Waals surface area contributed by atoms with Crippen molar-refractivity contribution in [2.45, 2.75) is 88.0 Å². The normalized spacial score (nSPS) is 23.4. The minimum Gasteiger partial charge on any atom is -0.453 e. The van der Waals surface area contributed by atoms with Crippen LogP contribution in [-0.4, -0.2) is 104 Å². The fourth-order valence-electron chi connectivity index (χ4n) is 7.74. The molecule has 4 aliphatic heterocycles. The summed E-state index contributed by atoms with van der Waals surface area (Å²) in [5.41, 5.74) is 3.82. The fourth-order valence-corrected chi connectivity index (χ4v) is 10.6. The Balaban J connectivity index is 1.01. The van der Waals surface area contributed by atoms with Crippen LogP contribution in [0, 0.1) is 11.8 Å². The molecule has 0 radical (unpaired) electrons. The van der Waals surface area contributed by atoms with Gasteiger partial charge in [-0.2, -0.15) is 0 Å². The van der Waals surface area contributed by atoms with Crippen LogP contribution in [0.5, 0.6) is 0 Å². The largest absolute Gasteiger partial charge is 0.453 e. The number of aromatic nitrogens is 4. The van der Waals surface area contributed by atoms with Crippen LogP contribution in [0.2, 0.25) is 0 Å².